The third kappa shape index (κ3) is 4.14. The first-order valence-corrected chi connectivity index (χ1v) is 8.18. The second kappa shape index (κ2) is 6.75. The maximum atomic E-state index is 12.3. The molecular weight excluding hydrogens is 356 g/mol. The van der Waals surface area contributed by atoms with E-state index in [0.29, 0.717) is 21.5 Å². The predicted octanol–water partition coefficient (Wildman–Crippen LogP) is 5.28. The molecule has 122 valence electrons. The minimum atomic E-state index is -0.389. The molecule has 0 saturated heterocycles. The molecule has 2 aromatic carbocycles. The summed E-state index contributed by atoms with van der Waals surface area (Å²) < 4.78 is 11.4. The van der Waals surface area contributed by atoms with Crippen molar-refractivity contribution < 1.29 is 14.3 Å². The molecule has 0 N–H and O–H groups in total. The van der Waals surface area contributed by atoms with Crippen LogP contribution in [0.4, 0.5) is 0 Å². The van der Waals surface area contributed by atoms with Gasteiger partial charge in [-0.05, 0) is 63.7 Å². The lowest BCUT2D eigenvalue weighted by Gasteiger charge is -2.20. The number of carbonyl (C=O) groups is 1. The number of benzene rings is 2. The molecule has 0 fully saturated rings. The van der Waals surface area contributed by atoms with Crippen molar-refractivity contribution in [2.75, 3.05) is 7.11 Å². The molecule has 0 aliphatic carbocycles. The largest absolute Gasteiger partial charge is 0.496 e. The van der Waals surface area contributed by atoms with Gasteiger partial charge in [-0.3, -0.25) is 0 Å². The Labute approximate surface area is 145 Å². The Hall–Kier alpha value is -1.81. The number of methoxy groups -OCH3 is 1. The Bertz CT molecular complexity index is 730. The molecule has 0 bridgehead atoms. The lowest BCUT2D eigenvalue weighted by molar-refractivity contribution is 0.0733. The SMILES string of the molecule is COc1ccc(C(=O)Oc2ccc(C(C)(C)C)cc2C)cc1Br. The molecule has 0 radical (unpaired) electrons. The topological polar surface area (TPSA) is 35.5 Å². The highest BCUT2D eigenvalue weighted by Crippen LogP contribution is 2.29. The zero-order chi connectivity index (χ0) is 17.2. The molecule has 0 aromatic heterocycles. The number of ether oxygens (including phenoxy) is 2. The van der Waals surface area contributed by atoms with Crippen LogP contribution in [0, 0.1) is 6.92 Å². The molecule has 0 spiro atoms. The van der Waals surface area contributed by atoms with E-state index in [0.717, 1.165) is 5.56 Å². The molecule has 0 heterocycles. The first-order chi connectivity index (χ1) is 10.7. The standard InChI is InChI=1S/C19H21BrO3/c1-12-10-14(19(2,3)4)7-9-16(12)23-18(21)13-6-8-17(22-5)15(20)11-13/h6-11H,1-5H3. The third-order valence-electron chi connectivity index (χ3n) is 3.63. The normalized spacial score (nSPS) is 11.2. The second-order valence-corrected chi connectivity index (χ2v) is 7.32. The van der Waals surface area contributed by atoms with E-state index in [-0.39, 0.29) is 11.4 Å². The molecule has 0 saturated carbocycles. The average Bonchev–Trinajstić information content (AvgIpc) is 2.48. The van der Waals surface area contributed by atoms with Crippen molar-refractivity contribution in [3.05, 3.63) is 57.6 Å². The van der Waals surface area contributed by atoms with Crippen molar-refractivity contribution in [3.63, 3.8) is 0 Å². The fourth-order valence-corrected chi connectivity index (χ4v) is 2.72. The highest BCUT2D eigenvalue weighted by atomic mass is 79.9. The van der Waals surface area contributed by atoms with Crippen LogP contribution in [-0.4, -0.2) is 13.1 Å². The molecule has 4 heteroatoms. The Morgan fingerprint density at radius 3 is 2.22 bits per heavy atom. The second-order valence-electron chi connectivity index (χ2n) is 6.47. The van der Waals surface area contributed by atoms with Gasteiger partial charge in [0, 0.05) is 0 Å². The fraction of sp³-hybridized carbons (Fsp3) is 0.316. The Morgan fingerprint density at radius 1 is 1.04 bits per heavy atom. The number of rotatable bonds is 3. The zero-order valence-electron chi connectivity index (χ0n) is 14.1. The fourth-order valence-electron chi connectivity index (χ4n) is 2.18. The van der Waals surface area contributed by atoms with Crippen molar-refractivity contribution in [1.82, 2.24) is 0 Å². The van der Waals surface area contributed by atoms with Gasteiger partial charge in [0.2, 0.25) is 0 Å². The summed E-state index contributed by atoms with van der Waals surface area (Å²) in [7, 11) is 1.58. The summed E-state index contributed by atoms with van der Waals surface area (Å²) in [6, 6.07) is 11.0. The van der Waals surface area contributed by atoms with Gasteiger partial charge < -0.3 is 9.47 Å². The predicted molar refractivity (Wildman–Crippen MR) is 95.5 cm³/mol. The summed E-state index contributed by atoms with van der Waals surface area (Å²) in [4.78, 5) is 12.3. The maximum Gasteiger partial charge on any atom is 0.343 e. The zero-order valence-corrected chi connectivity index (χ0v) is 15.7. The number of aryl methyl sites for hydroxylation is 1. The smallest absolute Gasteiger partial charge is 0.343 e. The van der Waals surface area contributed by atoms with Gasteiger partial charge in [0.1, 0.15) is 11.5 Å². The van der Waals surface area contributed by atoms with Crippen molar-refractivity contribution in [2.45, 2.75) is 33.1 Å². The molecule has 0 aliphatic rings. The number of halogens is 1. The minimum absolute atomic E-state index is 0.0636. The lowest BCUT2D eigenvalue weighted by Crippen LogP contribution is -2.13. The molecule has 0 unspecified atom stereocenters. The Kier molecular flexibility index (Phi) is 5.15. The van der Waals surface area contributed by atoms with E-state index in [9.17, 15) is 4.79 Å². The van der Waals surface area contributed by atoms with E-state index in [2.05, 4.69) is 42.8 Å². The first kappa shape index (κ1) is 17.5. The van der Waals surface area contributed by atoms with Crippen LogP contribution in [0.3, 0.4) is 0 Å². The van der Waals surface area contributed by atoms with Crippen LogP contribution in [0.2, 0.25) is 0 Å². The molecular formula is C19H21BrO3. The summed E-state index contributed by atoms with van der Waals surface area (Å²) >= 11 is 3.37. The van der Waals surface area contributed by atoms with E-state index >= 15 is 0 Å². The minimum Gasteiger partial charge on any atom is -0.496 e. The van der Waals surface area contributed by atoms with Crippen molar-refractivity contribution in [2.24, 2.45) is 0 Å². The molecule has 0 amide bonds. The molecule has 2 aromatic rings. The van der Waals surface area contributed by atoms with Crippen LogP contribution in [0.15, 0.2) is 40.9 Å². The molecule has 0 atom stereocenters. The number of esters is 1. The summed E-state index contributed by atoms with van der Waals surface area (Å²) in [6.07, 6.45) is 0. The van der Waals surface area contributed by atoms with Crippen LogP contribution in [0.5, 0.6) is 11.5 Å². The lowest BCUT2D eigenvalue weighted by atomic mass is 9.86. The summed E-state index contributed by atoms with van der Waals surface area (Å²) in [5.41, 5.74) is 2.69. The van der Waals surface area contributed by atoms with E-state index < -0.39 is 0 Å². The van der Waals surface area contributed by atoms with Gasteiger partial charge in [0.05, 0.1) is 17.1 Å². The monoisotopic (exact) mass is 376 g/mol. The summed E-state index contributed by atoms with van der Waals surface area (Å²) in [6.45, 7) is 8.41. The first-order valence-electron chi connectivity index (χ1n) is 7.39. The molecule has 2 rings (SSSR count). The third-order valence-corrected chi connectivity index (χ3v) is 4.25. The Balaban J connectivity index is 2.22. The van der Waals surface area contributed by atoms with Crippen LogP contribution in [-0.2, 0) is 5.41 Å². The van der Waals surface area contributed by atoms with Crippen LogP contribution in [0.25, 0.3) is 0 Å². The van der Waals surface area contributed by atoms with E-state index in [1.165, 1.54) is 5.56 Å². The van der Waals surface area contributed by atoms with Crippen LogP contribution in [0.1, 0.15) is 42.3 Å². The van der Waals surface area contributed by atoms with E-state index in [1.54, 1.807) is 25.3 Å². The number of hydrogen-bond donors (Lipinski definition) is 0. The summed E-state index contributed by atoms with van der Waals surface area (Å²) in [5.74, 6) is 0.863. The maximum absolute atomic E-state index is 12.3. The molecule has 23 heavy (non-hydrogen) atoms. The molecule has 3 nitrogen and oxygen atoms in total. The average molecular weight is 377 g/mol. The quantitative estimate of drug-likeness (QED) is 0.539. The van der Waals surface area contributed by atoms with E-state index in [4.69, 9.17) is 9.47 Å². The highest BCUT2D eigenvalue weighted by molar-refractivity contribution is 9.10. The van der Waals surface area contributed by atoms with Gasteiger partial charge in [-0.2, -0.15) is 0 Å². The van der Waals surface area contributed by atoms with Crippen molar-refractivity contribution in [1.29, 1.82) is 0 Å². The van der Waals surface area contributed by atoms with Gasteiger partial charge in [-0.1, -0.05) is 32.9 Å². The van der Waals surface area contributed by atoms with Gasteiger partial charge in [0.15, 0.2) is 0 Å². The van der Waals surface area contributed by atoms with Gasteiger partial charge in [-0.15, -0.1) is 0 Å². The van der Waals surface area contributed by atoms with E-state index in [1.807, 2.05) is 19.1 Å². The number of hydrogen-bond acceptors (Lipinski definition) is 3. The highest BCUT2D eigenvalue weighted by Gasteiger charge is 2.17. The molecule has 0 aliphatic heterocycles. The van der Waals surface area contributed by atoms with Gasteiger partial charge >= 0.3 is 5.97 Å². The van der Waals surface area contributed by atoms with Gasteiger partial charge in [0.25, 0.3) is 0 Å². The van der Waals surface area contributed by atoms with Gasteiger partial charge in [-0.25, -0.2) is 4.79 Å². The van der Waals surface area contributed by atoms with Crippen LogP contribution < -0.4 is 9.47 Å². The summed E-state index contributed by atoms with van der Waals surface area (Å²) in [5, 5.41) is 0. The van der Waals surface area contributed by atoms with Crippen LogP contribution >= 0.6 is 15.9 Å². The Morgan fingerprint density at radius 2 is 1.70 bits per heavy atom. The number of carbonyl (C=O) groups excluding carboxylic acids is 1. The van der Waals surface area contributed by atoms with Crippen molar-refractivity contribution >= 4 is 21.9 Å². The van der Waals surface area contributed by atoms with Crippen molar-refractivity contribution in [3.8, 4) is 11.5 Å².